The van der Waals surface area contributed by atoms with E-state index < -0.39 is 11.7 Å². The van der Waals surface area contributed by atoms with Crippen LogP contribution in [-0.2, 0) is 11.3 Å². The van der Waals surface area contributed by atoms with E-state index in [1.54, 1.807) is 53.2 Å². The summed E-state index contributed by atoms with van der Waals surface area (Å²) in [6, 6.07) is 14.3. The first-order valence-electron chi connectivity index (χ1n) is 7.95. The second-order valence-electron chi connectivity index (χ2n) is 5.90. The van der Waals surface area contributed by atoms with Crippen LogP contribution in [0.2, 0.25) is 5.02 Å². The highest BCUT2D eigenvalue weighted by Gasteiger charge is 2.20. The second kappa shape index (κ2) is 7.54. The fourth-order valence-electron chi connectivity index (χ4n) is 2.52. The van der Waals surface area contributed by atoms with Crippen molar-refractivity contribution in [2.45, 2.75) is 13.5 Å². The van der Waals surface area contributed by atoms with Crippen LogP contribution in [0.1, 0.15) is 21.6 Å². The summed E-state index contributed by atoms with van der Waals surface area (Å²) >= 11 is 6.04. The molecule has 0 bridgehead atoms. The minimum atomic E-state index is -0.746. The van der Waals surface area contributed by atoms with Gasteiger partial charge in [-0.3, -0.25) is 9.59 Å². The van der Waals surface area contributed by atoms with Gasteiger partial charge in [-0.15, -0.1) is 0 Å². The summed E-state index contributed by atoms with van der Waals surface area (Å²) in [5.74, 6) is -1.73. The molecule has 0 saturated heterocycles. The maximum atomic E-state index is 13.0. The van der Waals surface area contributed by atoms with Gasteiger partial charge in [0.05, 0.1) is 5.69 Å². The maximum Gasteiger partial charge on any atom is 0.298 e. The van der Waals surface area contributed by atoms with Crippen LogP contribution in [0.5, 0.6) is 0 Å². The zero-order valence-electron chi connectivity index (χ0n) is 14.0. The lowest BCUT2D eigenvalue weighted by atomic mass is 10.2. The lowest BCUT2D eigenvalue weighted by Gasteiger charge is -2.10. The summed E-state index contributed by atoms with van der Waals surface area (Å²) in [5, 5.41) is 3.07. The number of aryl methyl sites for hydroxylation is 1. The second-order valence-corrected chi connectivity index (χ2v) is 6.30. The number of carbonyl (C=O) groups excluding carboxylic acids is 2. The van der Waals surface area contributed by atoms with Crippen LogP contribution in [-0.4, -0.2) is 16.3 Å². The molecule has 0 saturated carbocycles. The van der Waals surface area contributed by atoms with E-state index in [4.69, 9.17) is 11.6 Å². The Bertz CT molecular complexity index is 964. The van der Waals surface area contributed by atoms with Gasteiger partial charge in [-0.2, -0.15) is 0 Å². The monoisotopic (exact) mass is 370 g/mol. The molecule has 0 radical (unpaired) electrons. The summed E-state index contributed by atoms with van der Waals surface area (Å²) < 4.78 is 14.7. The highest BCUT2D eigenvalue weighted by molar-refractivity contribution is 6.46. The van der Waals surface area contributed by atoms with E-state index in [1.165, 1.54) is 12.1 Å². The number of rotatable bonds is 5. The van der Waals surface area contributed by atoms with E-state index in [0.717, 1.165) is 11.1 Å². The number of nitrogens with zero attached hydrogens (tertiary/aromatic N) is 1. The molecule has 0 spiro atoms. The highest BCUT2D eigenvalue weighted by atomic mass is 35.5. The SMILES string of the molecule is Cc1ccc(NC(=O)C(=O)c2cccn2Cc2ccc(F)cc2)cc1Cl. The van der Waals surface area contributed by atoms with Crippen molar-refractivity contribution in [1.82, 2.24) is 4.57 Å². The summed E-state index contributed by atoms with van der Waals surface area (Å²) in [6.45, 7) is 2.21. The molecule has 0 atom stereocenters. The van der Waals surface area contributed by atoms with Crippen molar-refractivity contribution in [1.29, 1.82) is 0 Å². The van der Waals surface area contributed by atoms with Gasteiger partial charge in [0.1, 0.15) is 5.82 Å². The number of nitrogens with one attached hydrogen (secondary N) is 1. The number of aromatic nitrogens is 1. The van der Waals surface area contributed by atoms with Crippen LogP contribution < -0.4 is 5.32 Å². The van der Waals surface area contributed by atoms with E-state index in [-0.39, 0.29) is 11.5 Å². The normalized spacial score (nSPS) is 10.6. The largest absolute Gasteiger partial charge is 0.340 e. The van der Waals surface area contributed by atoms with Crippen molar-refractivity contribution in [3.63, 3.8) is 0 Å². The molecule has 1 N–H and O–H groups in total. The van der Waals surface area contributed by atoms with Gasteiger partial charge in [0.2, 0.25) is 0 Å². The lowest BCUT2D eigenvalue weighted by Crippen LogP contribution is -2.25. The Kier molecular flexibility index (Phi) is 5.19. The topological polar surface area (TPSA) is 51.1 Å². The molecule has 3 aromatic rings. The fourth-order valence-corrected chi connectivity index (χ4v) is 2.70. The summed E-state index contributed by atoms with van der Waals surface area (Å²) in [6.07, 6.45) is 1.70. The van der Waals surface area contributed by atoms with Gasteiger partial charge in [-0.1, -0.05) is 29.8 Å². The average molecular weight is 371 g/mol. The summed E-state index contributed by atoms with van der Waals surface area (Å²) in [5.41, 5.74) is 2.41. The van der Waals surface area contributed by atoms with Crippen LogP contribution in [0.15, 0.2) is 60.8 Å². The molecule has 132 valence electrons. The minimum absolute atomic E-state index is 0.255. The molecule has 26 heavy (non-hydrogen) atoms. The molecule has 2 aromatic carbocycles. The van der Waals surface area contributed by atoms with E-state index in [9.17, 15) is 14.0 Å². The van der Waals surface area contributed by atoms with Gasteiger partial charge in [-0.25, -0.2) is 4.39 Å². The van der Waals surface area contributed by atoms with Crippen LogP contribution in [0.3, 0.4) is 0 Å². The molecule has 1 aromatic heterocycles. The molecule has 1 heterocycles. The third-order valence-corrected chi connectivity index (χ3v) is 4.37. The Morgan fingerprint density at radius 3 is 2.54 bits per heavy atom. The van der Waals surface area contributed by atoms with Gasteiger partial charge in [0, 0.05) is 23.5 Å². The molecule has 0 aliphatic heterocycles. The van der Waals surface area contributed by atoms with E-state index in [0.29, 0.717) is 17.3 Å². The molecule has 0 fully saturated rings. The zero-order valence-corrected chi connectivity index (χ0v) is 14.8. The zero-order chi connectivity index (χ0) is 18.7. The molecule has 1 amide bonds. The molecule has 6 heteroatoms. The number of Topliss-reactive ketones (excluding diaryl/α,β-unsaturated/α-hetero) is 1. The number of hydrogen-bond donors (Lipinski definition) is 1. The maximum absolute atomic E-state index is 13.0. The summed E-state index contributed by atoms with van der Waals surface area (Å²) in [4.78, 5) is 24.8. The standard InChI is InChI=1S/C20H16ClFN2O2/c1-13-4-9-16(11-17(13)21)23-20(26)19(25)18-3-2-10-24(18)12-14-5-7-15(22)8-6-14/h2-11H,12H2,1H3,(H,23,26). The van der Waals surface area contributed by atoms with Crippen molar-refractivity contribution in [3.05, 3.63) is 88.5 Å². The van der Waals surface area contributed by atoms with Crippen LogP contribution in [0.4, 0.5) is 10.1 Å². The van der Waals surface area contributed by atoms with Crippen molar-refractivity contribution < 1.29 is 14.0 Å². The minimum Gasteiger partial charge on any atom is -0.340 e. The van der Waals surface area contributed by atoms with Crippen molar-refractivity contribution in [2.24, 2.45) is 0 Å². The Morgan fingerprint density at radius 2 is 1.85 bits per heavy atom. The third-order valence-electron chi connectivity index (χ3n) is 3.96. The molecule has 0 aliphatic rings. The van der Waals surface area contributed by atoms with Gasteiger partial charge in [0.25, 0.3) is 11.7 Å². The number of halogens is 2. The molecular weight excluding hydrogens is 355 g/mol. The van der Waals surface area contributed by atoms with Crippen molar-refractivity contribution >= 4 is 29.0 Å². The molecule has 0 unspecified atom stereocenters. The van der Waals surface area contributed by atoms with Gasteiger partial charge in [0.15, 0.2) is 0 Å². The van der Waals surface area contributed by atoms with Crippen LogP contribution in [0.25, 0.3) is 0 Å². The number of amides is 1. The van der Waals surface area contributed by atoms with Crippen LogP contribution in [0, 0.1) is 12.7 Å². The Morgan fingerprint density at radius 1 is 1.12 bits per heavy atom. The Balaban J connectivity index is 1.75. The first-order chi connectivity index (χ1) is 12.4. The van der Waals surface area contributed by atoms with Crippen molar-refractivity contribution in [3.8, 4) is 0 Å². The first-order valence-corrected chi connectivity index (χ1v) is 8.33. The molecular formula is C20H16ClFN2O2. The molecule has 3 rings (SSSR count). The molecule has 0 aliphatic carbocycles. The van der Waals surface area contributed by atoms with Gasteiger partial charge in [-0.05, 0) is 54.4 Å². The first kappa shape index (κ1) is 17.9. The Labute approximate surface area is 155 Å². The lowest BCUT2D eigenvalue weighted by molar-refractivity contribution is -0.112. The van der Waals surface area contributed by atoms with E-state index in [1.807, 2.05) is 6.92 Å². The van der Waals surface area contributed by atoms with Crippen LogP contribution >= 0.6 is 11.6 Å². The number of ketones is 1. The predicted octanol–water partition coefficient (Wildman–Crippen LogP) is 4.46. The van der Waals surface area contributed by atoms with Gasteiger partial charge < -0.3 is 9.88 Å². The number of benzene rings is 2. The fraction of sp³-hybridized carbons (Fsp3) is 0.100. The quantitative estimate of drug-likeness (QED) is 0.532. The smallest absolute Gasteiger partial charge is 0.298 e. The third kappa shape index (κ3) is 4.00. The summed E-state index contributed by atoms with van der Waals surface area (Å²) in [7, 11) is 0. The predicted molar refractivity (Wildman–Crippen MR) is 99.1 cm³/mol. The number of hydrogen-bond acceptors (Lipinski definition) is 2. The Hall–Kier alpha value is -2.92. The highest BCUT2D eigenvalue weighted by Crippen LogP contribution is 2.20. The van der Waals surface area contributed by atoms with E-state index >= 15 is 0 Å². The van der Waals surface area contributed by atoms with Crippen molar-refractivity contribution in [2.75, 3.05) is 5.32 Å². The van der Waals surface area contributed by atoms with Gasteiger partial charge >= 0.3 is 0 Å². The van der Waals surface area contributed by atoms with E-state index in [2.05, 4.69) is 5.32 Å². The average Bonchev–Trinajstić information content (AvgIpc) is 3.07. The molecule has 4 nitrogen and oxygen atoms in total. The number of carbonyl (C=O) groups is 2. The number of anilines is 1.